The average Bonchev–Trinajstić information content (AvgIpc) is 2.65. The fourth-order valence-corrected chi connectivity index (χ4v) is 3.06. The van der Waals surface area contributed by atoms with Crippen molar-refractivity contribution in [3.8, 4) is 11.8 Å². The summed E-state index contributed by atoms with van der Waals surface area (Å²) in [4.78, 5) is 12.4. The summed E-state index contributed by atoms with van der Waals surface area (Å²) < 4.78 is 13.3. The quantitative estimate of drug-likeness (QED) is 0.553. The lowest BCUT2D eigenvalue weighted by Crippen LogP contribution is -2.27. The minimum atomic E-state index is -0.558. The first-order valence-corrected chi connectivity index (χ1v) is 9.40. The monoisotopic (exact) mass is 368 g/mol. The molecule has 0 aliphatic heterocycles. The van der Waals surface area contributed by atoms with Crippen molar-refractivity contribution >= 4 is 17.5 Å². The summed E-state index contributed by atoms with van der Waals surface area (Å²) in [5.41, 5.74) is 7.35. The molecule has 3 rings (SSSR count). The SMILES string of the molecule is CCCNc1nc(Nc2ccnc(F)c2)ncc1C#C[C@@H]1CCC[C@H](N)C1. The molecule has 2 heterocycles. The standard InChI is InChI=1S/C20H25FN6/c1-2-9-24-19-15(7-6-14-4-3-5-16(22)11-14)13-25-20(27-19)26-17-8-10-23-18(21)12-17/h8,10,12-14,16H,2-5,9,11,22H2,1H3,(H2,23,24,25,26,27)/t14-,16-/m0/s1. The van der Waals surface area contributed by atoms with Gasteiger partial charge >= 0.3 is 0 Å². The number of aromatic nitrogens is 3. The maximum absolute atomic E-state index is 13.3. The average molecular weight is 368 g/mol. The van der Waals surface area contributed by atoms with Gasteiger partial charge in [0.05, 0.1) is 11.8 Å². The molecule has 142 valence electrons. The highest BCUT2D eigenvalue weighted by atomic mass is 19.1. The number of hydrogen-bond acceptors (Lipinski definition) is 6. The van der Waals surface area contributed by atoms with Crippen LogP contribution in [-0.2, 0) is 0 Å². The summed E-state index contributed by atoms with van der Waals surface area (Å²) in [6.07, 6.45) is 8.30. The van der Waals surface area contributed by atoms with Gasteiger partial charge in [-0.2, -0.15) is 9.37 Å². The Kier molecular flexibility index (Phi) is 6.55. The second-order valence-electron chi connectivity index (χ2n) is 6.77. The summed E-state index contributed by atoms with van der Waals surface area (Å²) in [6, 6.07) is 3.20. The van der Waals surface area contributed by atoms with Gasteiger partial charge in [-0.25, -0.2) is 9.97 Å². The van der Waals surface area contributed by atoms with E-state index in [1.54, 1.807) is 12.3 Å². The Labute approximate surface area is 159 Å². The van der Waals surface area contributed by atoms with E-state index in [0.29, 0.717) is 23.4 Å². The zero-order valence-electron chi connectivity index (χ0n) is 15.5. The van der Waals surface area contributed by atoms with Crippen molar-refractivity contribution in [1.82, 2.24) is 15.0 Å². The number of nitrogens with zero attached hydrogens (tertiary/aromatic N) is 3. The van der Waals surface area contributed by atoms with Crippen molar-refractivity contribution in [1.29, 1.82) is 0 Å². The summed E-state index contributed by atoms with van der Waals surface area (Å²) in [6.45, 7) is 2.87. The molecular formula is C20H25FN6. The Morgan fingerprint density at radius 3 is 3.00 bits per heavy atom. The molecule has 0 unspecified atom stereocenters. The number of halogens is 1. The van der Waals surface area contributed by atoms with Crippen LogP contribution in [0.1, 0.15) is 44.6 Å². The predicted molar refractivity (Wildman–Crippen MR) is 105 cm³/mol. The molecule has 2 aromatic rings. The molecule has 0 bridgehead atoms. The van der Waals surface area contributed by atoms with Crippen molar-refractivity contribution in [2.45, 2.75) is 45.1 Å². The topological polar surface area (TPSA) is 88.8 Å². The number of anilines is 3. The Morgan fingerprint density at radius 2 is 2.22 bits per heavy atom. The molecular weight excluding hydrogens is 343 g/mol. The van der Waals surface area contributed by atoms with Crippen LogP contribution in [0.15, 0.2) is 24.5 Å². The van der Waals surface area contributed by atoms with E-state index in [1.807, 2.05) is 0 Å². The second-order valence-corrected chi connectivity index (χ2v) is 6.77. The molecule has 1 saturated carbocycles. The van der Waals surface area contributed by atoms with Gasteiger partial charge in [0, 0.05) is 36.5 Å². The van der Waals surface area contributed by atoms with E-state index in [-0.39, 0.29) is 6.04 Å². The molecule has 2 atom stereocenters. The fourth-order valence-electron chi connectivity index (χ4n) is 3.06. The molecule has 0 spiro atoms. The van der Waals surface area contributed by atoms with Gasteiger partial charge in [0.2, 0.25) is 11.9 Å². The molecule has 4 N–H and O–H groups in total. The third-order valence-electron chi connectivity index (χ3n) is 4.44. The Morgan fingerprint density at radius 1 is 1.33 bits per heavy atom. The van der Waals surface area contributed by atoms with Crippen molar-refractivity contribution < 1.29 is 4.39 Å². The Bertz CT molecular complexity index is 829. The first-order valence-electron chi connectivity index (χ1n) is 9.40. The van der Waals surface area contributed by atoms with Crippen LogP contribution in [0.5, 0.6) is 0 Å². The van der Waals surface area contributed by atoms with E-state index in [2.05, 4.69) is 44.4 Å². The number of pyridine rings is 1. The molecule has 1 aliphatic rings. The zero-order chi connectivity index (χ0) is 19.1. The van der Waals surface area contributed by atoms with Crippen molar-refractivity contribution in [2.24, 2.45) is 11.7 Å². The second kappa shape index (κ2) is 9.28. The molecule has 0 radical (unpaired) electrons. The Balaban J connectivity index is 1.79. The first-order chi connectivity index (χ1) is 13.1. The van der Waals surface area contributed by atoms with Crippen LogP contribution in [0.25, 0.3) is 0 Å². The minimum Gasteiger partial charge on any atom is -0.369 e. The van der Waals surface area contributed by atoms with Gasteiger partial charge in [0.25, 0.3) is 0 Å². The maximum Gasteiger partial charge on any atom is 0.229 e. The number of nitrogens with one attached hydrogen (secondary N) is 2. The van der Waals surface area contributed by atoms with E-state index in [0.717, 1.165) is 44.2 Å². The van der Waals surface area contributed by atoms with E-state index in [1.165, 1.54) is 12.3 Å². The van der Waals surface area contributed by atoms with Crippen molar-refractivity contribution in [3.63, 3.8) is 0 Å². The van der Waals surface area contributed by atoms with Gasteiger partial charge in [-0.05, 0) is 31.7 Å². The van der Waals surface area contributed by atoms with Crippen LogP contribution in [-0.4, -0.2) is 27.5 Å². The van der Waals surface area contributed by atoms with E-state index in [4.69, 9.17) is 5.73 Å². The van der Waals surface area contributed by atoms with Crippen LogP contribution >= 0.6 is 0 Å². The van der Waals surface area contributed by atoms with E-state index >= 15 is 0 Å². The smallest absolute Gasteiger partial charge is 0.229 e. The first kappa shape index (κ1) is 19.1. The molecule has 1 fully saturated rings. The number of hydrogen-bond donors (Lipinski definition) is 3. The van der Waals surface area contributed by atoms with Crippen molar-refractivity contribution in [3.05, 3.63) is 36.0 Å². The molecule has 2 aromatic heterocycles. The van der Waals surface area contributed by atoms with Gasteiger partial charge in [-0.1, -0.05) is 25.2 Å². The van der Waals surface area contributed by atoms with Crippen LogP contribution in [0.3, 0.4) is 0 Å². The highest BCUT2D eigenvalue weighted by Gasteiger charge is 2.17. The summed E-state index contributed by atoms with van der Waals surface area (Å²) in [5.74, 6) is 7.38. The predicted octanol–water partition coefficient (Wildman–Crippen LogP) is 3.45. The van der Waals surface area contributed by atoms with Crippen molar-refractivity contribution in [2.75, 3.05) is 17.2 Å². The van der Waals surface area contributed by atoms with Gasteiger partial charge in [-0.3, -0.25) is 0 Å². The number of rotatable bonds is 5. The van der Waals surface area contributed by atoms with E-state index in [9.17, 15) is 4.39 Å². The molecule has 6 nitrogen and oxygen atoms in total. The third-order valence-corrected chi connectivity index (χ3v) is 4.44. The summed E-state index contributed by atoms with van der Waals surface area (Å²) in [7, 11) is 0. The Hall–Kier alpha value is -2.72. The highest BCUT2D eigenvalue weighted by molar-refractivity contribution is 5.59. The van der Waals surface area contributed by atoms with Crippen LogP contribution in [0.2, 0.25) is 0 Å². The molecule has 0 saturated heterocycles. The lowest BCUT2D eigenvalue weighted by atomic mass is 9.86. The number of nitrogens with two attached hydrogens (primary N) is 1. The largest absolute Gasteiger partial charge is 0.369 e. The molecule has 7 heteroatoms. The zero-order valence-corrected chi connectivity index (χ0v) is 15.5. The molecule has 0 amide bonds. The van der Waals surface area contributed by atoms with E-state index < -0.39 is 5.95 Å². The maximum atomic E-state index is 13.3. The molecule has 27 heavy (non-hydrogen) atoms. The van der Waals surface area contributed by atoms with Crippen LogP contribution in [0.4, 0.5) is 21.8 Å². The van der Waals surface area contributed by atoms with Gasteiger partial charge in [0.1, 0.15) is 5.82 Å². The van der Waals surface area contributed by atoms with Gasteiger partial charge in [-0.15, -0.1) is 0 Å². The van der Waals surface area contributed by atoms with Crippen LogP contribution < -0.4 is 16.4 Å². The highest BCUT2D eigenvalue weighted by Crippen LogP contribution is 2.23. The molecule has 0 aromatic carbocycles. The van der Waals surface area contributed by atoms with Gasteiger partial charge < -0.3 is 16.4 Å². The lowest BCUT2D eigenvalue weighted by Gasteiger charge is -2.22. The molecule has 1 aliphatic carbocycles. The normalized spacial score (nSPS) is 19.1. The summed E-state index contributed by atoms with van der Waals surface area (Å²) >= 11 is 0. The lowest BCUT2D eigenvalue weighted by molar-refractivity contribution is 0.381. The van der Waals surface area contributed by atoms with Crippen LogP contribution in [0, 0.1) is 23.7 Å². The fraction of sp³-hybridized carbons (Fsp3) is 0.450. The minimum absolute atomic E-state index is 0.249. The third kappa shape index (κ3) is 5.63. The summed E-state index contributed by atoms with van der Waals surface area (Å²) in [5, 5.41) is 6.29. The van der Waals surface area contributed by atoms with Gasteiger partial charge in [0.15, 0.2) is 0 Å².